The van der Waals surface area contributed by atoms with E-state index in [-0.39, 0.29) is 17.4 Å². The molecular weight excluding hydrogens is 422 g/mol. The Bertz CT molecular complexity index is 1100. The number of anilines is 1. The average molecular weight is 440 g/mol. The molecule has 6 nitrogen and oxygen atoms in total. The van der Waals surface area contributed by atoms with Crippen LogP contribution in [0.3, 0.4) is 0 Å². The van der Waals surface area contributed by atoms with Crippen molar-refractivity contribution in [3.8, 4) is 6.07 Å². The van der Waals surface area contributed by atoms with Gasteiger partial charge < -0.3 is 15.1 Å². The van der Waals surface area contributed by atoms with Gasteiger partial charge in [-0.05, 0) is 43.2 Å². The molecule has 152 valence electrons. The molecule has 2 aromatic rings. The van der Waals surface area contributed by atoms with Gasteiger partial charge in [0.25, 0.3) is 0 Å². The highest BCUT2D eigenvalue weighted by Gasteiger charge is 2.38. The minimum atomic E-state index is -0.549. The van der Waals surface area contributed by atoms with Gasteiger partial charge >= 0.3 is 0 Å². The van der Waals surface area contributed by atoms with Crippen LogP contribution in [0.25, 0.3) is 0 Å². The summed E-state index contributed by atoms with van der Waals surface area (Å²) in [6.07, 6.45) is 3.46. The molecule has 0 radical (unpaired) electrons. The number of nitrogens with one attached hydrogen (secondary N) is 2. The quantitative estimate of drug-likeness (QED) is 0.699. The first-order valence-corrected chi connectivity index (χ1v) is 10.8. The number of amides is 1. The average Bonchev–Trinajstić information content (AvgIpc) is 3.26. The van der Waals surface area contributed by atoms with Crippen molar-refractivity contribution in [1.82, 2.24) is 5.32 Å². The van der Waals surface area contributed by atoms with E-state index in [1.807, 2.05) is 0 Å². The summed E-state index contributed by atoms with van der Waals surface area (Å²) in [6.45, 7) is 0. The van der Waals surface area contributed by atoms with Crippen molar-refractivity contribution in [1.29, 1.82) is 5.26 Å². The van der Waals surface area contributed by atoms with Crippen LogP contribution in [-0.2, 0) is 9.59 Å². The summed E-state index contributed by atoms with van der Waals surface area (Å²) >= 11 is 7.19. The van der Waals surface area contributed by atoms with Crippen molar-refractivity contribution >= 4 is 40.7 Å². The summed E-state index contributed by atoms with van der Waals surface area (Å²) in [5.41, 5.74) is 2.40. The van der Waals surface area contributed by atoms with Crippen molar-refractivity contribution in [2.75, 3.05) is 11.1 Å². The van der Waals surface area contributed by atoms with Crippen molar-refractivity contribution in [2.45, 2.75) is 25.2 Å². The number of hydrogen-bond donors (Lipinski definition) is 2. The number of dihydropyridines is 1. The molecule has 4 rings (SSSR count). The lowest BCUT2D eigenvalue weighted by molar-refractivity contribution is -0.116. The van der Waals surface area contributed by atoms with Gasteiger partial charge in [-0.3, -0.25) is 9.59 Å². The lowest BCUT2D eigenvalue weighted by Gasteiger charge is -2.32. The molecule has 0 fully saturated rings. The molecule has 1 aliphatic carbocycles. The predicted molar refractivity (Wildman–Crippen MR) is 116 cm³/mol. The number of nitrogens with zero attached hydrogens (tertiary/aromatic N) is 1. The van der Waals surface area contributed by atoms with Crippen LogP contribution in [0.2, 0.25) is 5.02 Å². The van der Waals surface area contributed by atoms with Gasteiger partial charge in [0.15, 0.2) is 5.78 Å². The summed E-state index contributed by atoms with van der Waals surface area (Å²) in [7, 11) is 0. The highest BCUT2D eigenvalue weighted by Crippen LogP contribution is 2.44. The zero-order valence-corrected chi connectivity index (χ0v) is 17.5. The van der Waals surface area contributed by atoms with Crippen LogP contribution in [0.1, 0.15) is 30.9 Å². The smallest absolute Gasteiger partial charge is 0.234 e. The molecule has 1 amide bonds. The van der Waals surface area contributed by atoms with E-state index < -0.39 is 5.92 Å². The minimum absolute atomic E-state index is 0.0284. The molecule has 2 heterocycles. The number of benzene rings is 1. The first-order chi connectivity index (χ1) is 14.6. The van der Waals surface area contributed by atoms with E-state index in [1.165, 1.54) is 18.0 Å². The molecule has 0 bridgehead atoms. The van der Waals surface area contributed by atoms with Gasteiger partial charge in [-0.1, -0.05) is 29.4 Å². The third-order valence-corrected chi connectivity index (χ3v) is 6.20. The Balaban J connectivity index is 1.57. The van der Waals surface area contributed by atoms with Crippen molar-refractivity contribution in [2.24, 2.45) is 0 Å². The van der Waals surface area contributed by atoms with E-state index in [4.69, 9.17) is 16.0 Å². The Labute approximate surface area is 183 Å². The van der Waals surface area contributed by atoms with Crippen molar-refractivity contribution in [3.63, 3.8) is 0 Å². The first-order valence-electron chi connectivity index (χ1n) is 9.46. The maximum absolute atomic E-state index is 12.6. The van der Waals surface area contributed by atoms with E-state index in [9.17, 15) is 14.9 Å². The zero-order chi connectivity index (χ0) is 21.1. The summed E-state index contributed by atoms with van der Waals surface area (Å²) in [5, 5.41) is 17.0. The van der Waals surface area contributed by atoms with Crippen LogP contribution < -0.4 is 10.6 Å². The Kier molecular flexibility index (Phi) is 5.98. The second kappa shape index (κ2) is 8.82. The number of carbonyl (C=O) groups is 2. The molecule has 1 aromatic carbocycles. The molecule has 0 saturated heterocycles. The third-order valence-electron chi connectivity index (χ3n) is 4.95. The van der Waals surface area contributed by atoms with Crippen LogP contribution in [0.15, 0.2) is 69.0 Å². The van der Waals surface area contributed by atoms with Gasteiger partial charge in [-0.2, -0.15) is 5.26 Å². The monoisotopic (exact) mass is 439 g/mol. The molecule has 1 atom stereocenters. The van der Waals surface area contributed by atoms with Gasteiger partial charge in [-0.15, -0.1) is 0 Å². The van der Waals surface area contributed by atoms with Gasteiger partial charge in [0.05, 0.1) is 34.6 Å². The van der Waals surface area contributed by atoms with Crippen molar-refractivity contribution in [3.05, 3.63) is 75.3 Å². The molecule has 2 aliphatic rings. The SMILES string of the molecule is N#CC1=C(SCC(=O)Nc2cccc(Cl)c2)NC2=C(C(=O)CCC2)C1c1ccco1. The van der Waals surface area contributed by atoms with E-state index in [1.54, 1.807) is 36.4 Å². The maximum atomic E-state index is 12.6. The number of ketones is 1. The minimum Gasteiger partial charge on any atom is -0.468 e. The Morgan fingerprint density at radius 1 is 1.33 bits per heavy atom. The fourth-order valence-corrected chi connectivity index (χ4v) is 4.73. The van der Waals surface area contributed by atoms with Crippen molar-refractivity contribution < 1.29 is 14.0 Å². The number of furan rings is 1. The molecule has 0 saturated carbocycles. The van der Waals surface area contributed by atoms with Crippen LogP contribution in [0, 0.1) is 11.3 Å². The Hall–Kier alpha value is -2.95. The number of thioether (sulfide) groups is 1. The molecule has 1 aliphatic heterocycles. The number of Topliss-reactive ketones (excluding diaryl/α,β-unsaturated/α-hetero) is 1. The lowest BCUT2D eigenvalue weighted by Crippen LogP contribution is -2.31. The van der Waals surface area contributed by atoms with E-state index >= 15 is 0 Å². The zero-order valence-electron chi connectivity index (χ0n) is 15.9. The third kappa shape index (κ3) is 4.16. The summed E-state index contributed by atoms with van der Waals surface area (Å²) < 4.78 is 5.57. The molecule has 1 aromatic heterocycles. The first kappa shape index (κ1) is 20.3. The lowest BCUT2D eigenvalue weighted by atomic mass is 9.79. The van der Waals surface area contributed by atoms with Gasteiger partial charge in [0.2, 0.25) is 5.91 Å². The van der Waals surface area contributed by atoms with Gasteiger partial charge in [0.1, 0.15) is 5.76 Å². The molecule has 2 N–H and O–H groups in total. The Morgan fingerprint density at radius 2 is 2.20 bits per heavy atom. The molecule has 8 heteroatoms. The number of allylic oxidation sites excluding steroid dienone is 3. The number of rotatable bonds is 5. The summed E-state index contributed by atoms with van der Waals surface area (Å²) in [6, 6.07) is 12.6. The fourth-order valence-electron chi connectivity index (χ4n) is 3.68. The van der Waals surface area contributed by atoms with E-state index in [0.717, 1.165) is 18.5 Å². The largest absolute Gasteiger partial charge is 0.468 e. The normalized spacial score (nSPS) is 18.5. The van der Waals surface area contributed by atoms with E-state index in [2.05, 4.69) is 16.7 Å². The van der Waals surface area contributed by atoms with E-state index in [0.29, 0.717) is 39.1 Å². The summed E-state index contributed by atoms with van der Waals surface area (Å²) in [4.78, 5) is 25.1. The van der Waals surface area contributed by atoms with Crippen LogP contribution in [-0.4, -0.2) is 17.4 Å². The molecule has 1 unspecified atom stereocenters. The maximum Gasteiger partial charge on any atom is 0.234 e. The highest BCUT2D eigenvalue weighted by atomic mass is 35.5. The number of halogens is 1. The second-order valence-electron chi connectivity index (χ2n) is 6.94. The fraction of sp³-hybridized carbons (Fsp3) is 0.227. The number of hydrogen-bond acceptors (Lipinski definition) is 6. The van der Waals surface area contributed by atoms with Crippen LogP contribution in [0.5, 0.6) is 0 Å². The Morgan fingerprint density at radius 3 is 2.93 bits per heavy atom. The van der Waals surface area contributed by atoms with Crippen LogP contribution >= 0.6 is 23.4 Å². The number of nitriles is 1. The molecule has 30 heavy (non-hydrogen) atoms. The predicted octanol–water partition coefficient (Wildman–Crippen LogP) is 4.73. The molecule has 0 spiro atoms. The van der Waals surface area contributed by atoms with Crippen LogP contribution in [0.4, 0.5) is 5.69 Å². The standard InChI is InChI=1S/C22H18ClN3O3S/c23-13-4-1-5-14(10-13)25-19(28)12-30-22-15(11-24)20(18-8-3-9-29-18)21-16(26-22)6-2-7-17(21)27/h1,3-5,8-10,20,26H,2,6-7,12H2,(H,25,28). The topological polar surface area (TPSA) is 95.1 Å². The van der Waals surface area contributed by atoms with Gasteiger partial charge in [-0.25, -0.2) is 0 Å². The second-order valence-corrected chi connectivity index (χ2v) is 8.37. The summed E-state index contributed by atoms with van der Waals surface area (Å²) in [5.74, 6) is -0.0880. The molecular formula is C22H18ClN3O3S. The number of carbonyl (C=O) groups excluding carboxylic acids is 2. The highest BCUT2D eigenvalue weighted by molar-refractivity contribution is 8.03. The van der Waals surface area contributed by atoms with Gasteiger partial charge in [0, 0.05) is 28.4 Å².